The number of alkyl carbamates (subject to hydrolysis) is 1. The van der Waals surface area contributed by atoms with Crippen molar-refractivity contribution in [3.05, 3.63) is 23.2 Å². The highest BCUT2D eigenvalue weighted by molar-refractivity contribution is 5.90. The van der Waals surface area contributed by atoms with Gasteiger partial charge in [0, 0.05) is 31.5 Å². The summed E-state index contributed by atoms with van der Waals surface area (Å²) in [6.07, 6.45) is 11.5. The van der Waals surface area contributed by atoms with Crippen LogP contribution in [0.25, 0.3) is 4.85 Å². The van der Waals surface area contributed by atoms with Gasteiger partial charge < -0.3 is 95.9 Å². The van der Waals surface area contributed by atoms with E-state index >= 15 is 0 Å². The quantitative estimate of drug-likeness (QED) is 0.00900. The van der Waals surface area contributed by atoms with Crippen molar-refractivity contribution in [2.75, 3.05) is 85.5 Å². The summed E-state index contributed by atoms with van der Waals surface area (Å²) in [7, 11) is 0. The van der Waals surface area contributed by atoms with Gasteiger partial charge in [-0.2, -0.15) is 10.5 Å². The molecular formula is C110H211N11O21. The molecule has 0 aromatic heterocycles. The molecular weight excluding hydrogens is 1810 g/mol. The van der Waals surface area contributed by atoms with E-state index in [9.17, 15) is 67.9 Å². The molecule has 2 rings (SSSR count). The van der Waals surface area contributed by atoms with Gasteiger partial charge in [0.25, 0.3) is 0 Å². The van der Waals surface area contributed by atoms with Gasteiger partial charge in [-0.3, -0.25) is 28.8 Å². The van der Waals surface area contributed by atoms with E-state index in [1.807, 2.05) is 125 Å². The van der Waals surface area contributed by atoms with E-state index < -0.39 is 65.3 Å². The van der Waals surface area contributed by atoms with E-state index in [-0.39, 0.29) is 91.4 Å². The third-order valence-electron chi connectivity index (χ3n) is 27.4. The second-order valence-corrected chi connectivity index (χ2v) is 46.1. The molecule has 832 valence electrons. The van der Waals surface area contributed by atoms with Crippen LogP contribution in [0, 0.1) is 131 Å². The number of amides is 4. The molecule has 2 fully saturated rings. The number of allylic oxidation sites excluding steroid dienone is 1. The molecule has 4 unspecified atom stereocenters. The molecule has 0 aromatic rings. The molecule has 2 aliphatic rings. The van der Waals surface area contributed by atoms with Gasteiger partial charge in [-0.25, -0.2) is 30.5 Å². The molecule has 0 aromatic carbocycles. The number of aliphatic hydroxyl groups excluding tert-OH is 1. The standard InChI is InChI=1S/C18H34N4O.C14H27NO4.C12H23NO3.C12H21NO3.C10H18N2.C9H19NO2.C9H18O2.C7H14O2.C7H16O.C7H14O.C5H7NO2/c1-6-9-22-10-7-18(13-19,8-11-22)21-16(23)15(20)12-17(4,5)14(2)3;1-9(2)14(6,7)8-10(11(16)17)15-12(18)19-13(3,4)5;2*1-6-16-11(15)10(13-8-14)7-12(4,5)9(2)3;1-3-6-12-7-4-10(2,9-11)5-8-12;1-6(2)9(3,4)5-7(10)8(11)12;1-6-11-8(10)9(4,5)7(2)3;1-4-9-7(8)5-6(2)3;2*1-6(2)7(3,4)5-8;1-3-8-5(7)4-6-2/h14-15H,6-12,20H2,1-5H3,(H,21,23);9-10H,8H2,1-7H3,(H,15,18)(H,16,17);8-10H,6-7H2,1-5H3,(H,13,14);7-9H,6H2,1-5H3,(H,13,14);3-8H2,1-2H3;6-7H,5,10H2,1-4H3,(H,11,12);7H,6H2,1-5H3;6H,4-5H2,1-3H3;6,8H,5H2,1-4H3;5-6H,1-4H3;3-4H2,1H3. The van der Waals surface area contributed by atoms with Crippen LogP contribution in [0.3, 0.4) is 0 Å². The number of hydrogen-bond acceptors (Lipinski definition) is 25. The number of rotatable bonds is 43. The maximum Gasteiger partial charge on any atom is 0.408 e. The van der Waals surface area contributed by atoms with Crippen molar-refractivity contribution in [2.45, 2.75) is 418 Å². The Morgan fingerprint density at radius 1 is 0.479 bits per heavy atom. The molecule has 32 heteroatoms. The predicted molar refractivity (Wildman–Crippen MR) is 571 cm³/mol. The Balaban J connectivity index is -0.000000199. The fourth-order valence-electron chi connectivity index (χ4n) is 10.9. The number of ether oxygens (including phenoxy) is 6. The zero-order chi connectivity index (χ0) is 114. The lowest BCUT2D eigenvalue weighted by Gasteiger charge is -2.39. The molecule has 2 heterocycles. The number of nitriles is 2. The Kier molecular flexibility index (Phi) is 81.3. The van der Waals surface area contributed by atoms with Crippen LogP contribution in [0.15, 0.2) is 11.8 Å². The summed E-state index contributed by atoms with van der Waals surface area (Å²) in [4.78, 5) is 140. The van der Waals surface area contributed by atoms with Crippen LogP contribution in [0.4, 0.5) is 4.79 Å². The first-order chi connectivity index (χ1) is 64.6. The number of piperidine rings is 2. The monoisotopic (exact) mass is 2020 g/mol. The lowest BCUT2D eigenvalue weighted by Crippen LogP contribution is -2.58. The van der Waals surface area contributed by atoms with E-state index in [0.29, 0.717) is 144 Å². The van der Waals surface area contributed by atoms with Crippen LogP contribution in [0.2, 0.25) is 0 Å². The number of carbonyl (C=O) groups is 12. The summed E-state index contributed by atoms with van der Waals surface area (Å²) in [6, 6.07) is 1.97. The minimum Gasteiger partial charge on any atom is -0.480 e. The lowest BCUT2D eigenvalue weighted by molar-refractivity contribution is -0.156. The molecule has 0 saturated carbocycles. The van der Waals surface area contributed by atoms with Gasteiger partial charge >= 0.3 is 54.4 Å². The van der Waals surface area contributed by atoms with Crippen LogP contribution < -0.4 is 32.7 Å². The first-order valence-corrected chi connectivity index (χ1v) is 51.5. The van der Waals surface area contributed by atoms with Crippen LogP contribution in [-0.2, 0) is 81.2 Å². The second-order valence-electron chi connectivity index (χ2n) is 46.1. The van der Waals surface area contributed by atoms with Gasteiger partial charge in [-0.15, -0.1) is 0 Å². The van der Waals surface area contributed by atoms with E-state index in [1.165, 1.54) is 13.0 Å². The number of carbonyl (C=O) groups excluding carboxylic acids is 10. The van der Waals surface area contributed by atoms with Crippen molar-refractivity contribution < 1.29 is 101 Å². The number of aldehydes is 1. The molecule has 0 radical (unpaired) electrons. The van der Waals surface area contributed by atoms with Gasteiger partial charge in [0.05, 0.1) is 62.0 Å². The van der Waals surface area contributed by atoms with E-state index in [4.69, 9.17) is 57.2 Å². The average Bonchev–Trinajstić information content (AvgIpc) is 0.812. The number of nitrogens with two attached hydrogens (primary N) is 2. The Morgan fingerprint density at radius 2 is 0.859 bits per heavy atom. The van der Waals surface area contributed by atoms with Crippen LogP contribution in [0.1, 0.15) is 382 Å². The lowest BCUT2D eigenvalue weighted by atomic mass is 9.76. The van der Waals surface area contributed by atoms with E-state index in [2.05, 4.69) is 198 Å². The second kappa shape index (κ2) is 76.2. The smallest absolute Gasteiger partial charge is 0.408 e. The Hall–Kier alpha value is -8.35. The average molecular weight is 2020 g/mol. The SMILES string of the molecule is CC(C)C(C)(C)C=O.CC(C)C(C)(C)CC(N)C(=O)O.CC(C)C(C)(C)CC(NC(=O)OC(C)(C)C)C(=O)O.CC(C)C(C)(C)CO.CCCN1CCC(C#N)(NC(=O)C(N)CC(C)(C)C(C)C)CC1.CCCN1CCC(C)(C#N)CC1.CCOC(=O)C(=CC(C)(C)C(C)C)NC=O.CCOC(=O)C(C)(C)C(C)C.CCOC(=O)C(CC(C)(C)C(C)C)NC=O.CCOC(=O)CC(C)C.[C-]#[N+]CC(=O)OCC. The zero-order valence-corrected chi connectivity index (χ0v) is 97.9. The Morgan fingerprint density at radius 3 is 1.15 bits per heavy atom. The fraction of sp³-hybridized carbons (Fsp3) is 0.845. The molecule has 2 aliphatic heterocycles. The number of carboxylic acid groups (broad SMARTS) is 2. The summed E-state index contributed by atoms with van der Waals surface area (Å²) in [5.41, 5.74) is 9.56. The Labute approximate surface area is 863 Å². The number of aliphatic hydroxyl groups is 1. The summed E-state index contributed by atoms with van der Waals surface area (Å²) in [5, 5.41) is 55.3. The van der Waals surface area contributed by atoms with Gasteiger partial charge in [-0.05, 0) is 258 Å². The molecule has 142 heavy (non-hydrogen) atoms. The number of aliphatic carboxylic acids is 2. The van der Waals surface area contributed by atoms with Crippen LogP contribution >= 0.6 is 0 Å². The third kappa shape index (κ3) is 73.7. The molecule has 11 N–H and O–H groups in total. The minimum atomic E-state index is -1.04. The maximum atomic E-state index is 12.5. The highest BCUT2D eigenvalue weighted by Gasteiger charge is 2.40. The summed E-state index contributed by atoms with van der Waals surface area (Å²) >= 11 is 0. The first kappa shape index (κ1) is 151. The van der Waals surface area contributed by atoms with Crippen molar-refractivity contribution in [1.29, 1.82) is 10.5 Å². The van der Waals surface area contributed by atoms with Crippen molar-refractivity contribution in [3.8, 4) is 12.1 Å². The van der Waals surface area contributed by atoms with Crippen molar-refractivity contribution >= 4 is 72.9 Å². The molecule has 0 spiro atoms. The first-order valence-electron chi connectivity index (χ1n) is 51.5. The van der Waals surface area contributed by atoms with Gasteiger partial charge in [-0.1, -0.05) is 235 Å². The molecule has 2 saturated heterocycles. The molecule has 0 bridgehead atoms. The number of hydrogen-bond donors (Lipinski definition) is 9. The number of nitrogens with one attached hydrogen (secondary N) is 4. The third-order valence-corrected chi connectivity index (χ3v) is 27.4. The number of likely N-dealkylation sites (tertiary alicyclic amines) is 2. The summed E-state index contributed by atoms with van der Waals surface area (Å²) < 4.78 is 28.9. The van der Waals surface area contributed by atoms with Gasteiger partial charge in [0.1, 0.15) is 41.2 Å². The fourth-order valence-corrected chi connectivity index (χ4v) is 10.9. The molecule has 0 aliphatic carbocycles. The van der Waals surface area contributed by atoms with Crippen molar-refractivity contribution in [1.82, 2.24) is 31.1 Å². The minimum absolute atomic E-state index is 0.00104. The van der Waals surface area contributed by atoms with Gasteiger partial charge in [0.2, 0.25) is 18.7 Å². The van der Waals surface area contributed by atoms with Crippen molar-refractivity contribution in [2.24, 2.45) is 113 Å². The zero-order valence-electron chi connectivity index (χ0n) is 97.9. The maximum absolute atomic E-state index is 12.5. The summed E-state index contributed by atoms with van der Waals surface area (Å²) in [5.74, 6) is 0.0896. The van der Waals surface area contributed by atoms with Crippen LogP contribution in [0.5, 0.6) is 0 Å². The largest absolute Gasteiger partial charge is 0.480 e. The molecule has 4 amide bonds. The number of nitrogens with zero attached hydrogens (tertiary/aromatic N) is 5. The number of carboxylic acids is 2. The van der Waals surface area contributed by atoms with E-state index in [0.717, 1.165) is 58.3 Å². The number of esters is 5. The Bertz CT molecular complexity index is 3670. The summed E-state index contributed by atoms with van der Waals surface area (Å²) in [6.45, 7) is 105. The highest BCUT2D eigenvalue weighted by Crippen LogP contribution is 2.37. The highest BCUT2D eigenvalue weighted by atomic mass is 16.6. The van der Waals surface area contributed by atoms with Crippen LogP contribution in [-0.4, -0.2) is 219 Å². The normalized spacial score (nSPS) is 14.6. The van der Waals surface area contributed by atoms with E-state index in [1.54, 1.807) is 47.6 Å². The topological polar surface area (TPSA) is 479 Å². The predicted octanol–water partition coefficient (Wildman–Crippen LogP) is 20.2. The molecule has 32 nitrogen and oxygen atoms in total. The van der Waals surface area contributed by atoms with Gasteiger partial charge in [0.15, 0.2) is 0 Å². The van der Waals surface area contributed by atoms with Crippen molar-refractivity contribution in [3.63, 3.8) is 0 Å². The molecule has 4 atom stereocenters.